The molecule has 0 aromatic heterocycles. The Hall–Kier alpha value is -1.13. The van der Waals surface area contributed by atoms with Gasteiger partial charge in [0.05, 0.1) is 5.29 Å². The Morgan fingerprint density at radius 2 is 1.52 bits per heavy atom. The second-order valence-corrected chi connectivity index (χ2v) is 7.79. The fourth-order valence-corrected chi connectivity index (χ4v) is 3.57. The first-order valence-electron chi connectivity index (χ1n) is 10.5. The van der Waals surface area contributed by atoms with E-state index in [0.29, 0.717) is 0 Å². The molecule has 1 amide bonds. The van der Waals surface area contributed by atoms with Crippen molar-refractivity contribution in [2.45, 2.75) is 103 Å². The van der Waals surface area contributed by atoms with Crippen molar-refractivity contribution < 1.29 is 4.79 Å². The molecule has 1 saturated carbocycles. The fourth-order valence-electron chi connectivity index (χ4n) is 3.57. The van der Waals surface area contributed by atoms with Crippen LogP contribution in [0.5, 0.6) is 0 Å². The van der Waals surface area contributed by atoms with Crippen LogP contribution in [-0.4, -0.2) is 30.0 Å². The van der Waals surface area contributed by atoms with E-state index in [1.165, 1.54) is 51.4 Å². The van der Waals surface area contributed by atoms with Crippen LogP contribution < -0.4 is 5.32 Å². The van der Waals surface area contributed by atoms with E-state index in [1.54, 1.807) is 5.01 Å². The lowest BCUT2D eigenvalue weighted by molar-refractivity contribution is -0.125. The SMILES string of the molecule is CC(C)N(CCCCCCCCNC(=O)C1CCCCCCC1)N=O. The second kappa shape index (κ2) is 14.1. The van der Waals surface area contributed by atoms with Crippen molar-refractivity contribution in [1.82, 2.24) is 10.3 Å². The molecule has 5 heteroatoms. The van der Waals surface area contributed by atoms with Gasteiger partial charge in [-0.2, -0.15) is 0 Å². The number of nitrogens with one attached hydrogen (secondary N) is 1. The Labute approximate surface area is 154 Å². The molecule has 1 rings (SSSR count). The topological polar surface area (TPSA) is 61.8 Å². The number of rotatable bonds is 12. The second-order valence-electron chi connectivity index (χ2n) is 7.79. The van der Waals surface area contributed by atoms with Crippen molar-refractivity contribution in [2.24, 2.45) is 11.2 Å². The first kappa shape index (κ1) is 21.9. The number of carbonyl (C=O) groups is 1. The summed E-state index contributed by atoms with van der Waals surface area (Å²) in [5, 5.41) is 7.82. The van der Waals surface area contributed by atoms with Crippen molar-refractivity contribution in [2.75, 3.05) is 13.1 Å². The molecule has 0 atom stereocenters. The average molecular weight is 354 g/mol. The van der Waals surface area contributed by atoms with Gasteiger partial charge in [-0.05, 0) is 39.5 Å². The predicted molar refractivity (Wildman–Crippen MR) is 104 cm³/mol. The third-order valence-electron chi connectivity index (χ3n) is 5.29. The molecule has 0 unspecified atom stereocenters. The molecule has 0 aliphatic heterocycles. The first-order chi connectivity index (χ1) is 12.1. The van der Waals surface area contributed by atoms with Gasteiger partial charge < -0.3 is 5.32 Å². The normalized spacial score (nSPS) is 16.3. The van der Waals surface area contributed by atoms with E-state index in [2.05, 4.69) is 10.6 Å². The third-order valence-corrected chi connectivity index (χ3v) is 5.29. The van der Waals surface area contributed by atoms with Crippen molar-refractivity contribution in [3.05, 3.63) is 4.91 Å². The standard InChI is InChI=1S/C20H39N3O2/c1-18(2)23(22-25)17-13-9-4-3-8-12-16-21-20(24)19-14-10-6-5-7-11-15-19/h18-19H,3-17H2,1-2H3,(H,21,24). The van der Waals surface area contributed by atoms with E-state index in [0.717, 1.165) is 45.2 Å². The van der Waals surface area contributed by atoms with E-state index in [4.69, 9.17) is 0 Å². The maximum absolute atomic E-state index is 12.2. The van der Waals surface area contributed by atoms with Gasteiger partial charge in [0.15, 0.2) is 0 Å². The van der Waals surface area contributed by atoms with E-state index in [9.17, 15) is 9.70 Å². The molecule has 1 aliphatic rings. The molecule has 1 N–H and O–H groups in total. The van der Waals surface area contributed by atoms with Gasteiger partial charge in [0.1, 0.15) is 0 Å². The highest BCUT2D eigenvalue weighted by molar-refractivity contribution is 5.78. The van der Waals surface area contributed by atoms with Crippen molar-refractivity contribution in [1.29, 1.82) is 0 Å². The lowest BCUT2D eigenvalue weighted by Gasteiger charge is -2.19. The van der Waals surface area contributed by atoms with Crippen LogP contribution in [-0.2, 0) is 4.79 Å². The quantitative estimate of drug-likeness (QED) is 0.298. The molecule has 0 heterocycles. The summed E-state index contributed by atoms with van der Waals surface area (Å²) in [6, 6.07) is 0.193. The zero-order valence-electron chi connectivity index (χ0n) is 16.5. The minimum absolute atomic E-state index is 0.193. The monoisotopic (exact) mass is 353 g/mol. The predicted octanol–water partition coefficient (Wildman–Crippen LogP) is 5.20. The third kappa shape index (κ3) is 10.5. The summed E-state index contributed by atoms with van der Waals surface area (Å²) in [5.74, 6) is 0.549. The first-order valence-corrected chi connectivity index (χ1v) is 10.5. The molecule has 0 aromatic carbocycles. The van der Waals surface area contributed by atoms with Gasteiger partial charge in [-0.1, -0.05) is 57.8 Å². The van der Waals surface area contributed by atoms with Gasteiger partial charge in [-0.15, -0.1) is 4.91 Å². The molecule has 0 radical (unpaired) electrons. The number of hydrogen-bond donors (Lipinski definition) is 1. The summed E-state index contributed by atoms with van der Waals surface area (Å²) in [6.07, 6.45) is 15.3. The van der Waals surface area contributed by atoms with Crippen molar-refractivity contribution in [3.63, 3.8) is 0 Å². The summed E-state index contributed by atoms with van der Waals surface area (Å²) in [6.45, 7) is 5.57. The minimum Gasteiger partial charge on any atom is -0.356 e. The molecule has 1 aliphatic carbocycles. The van der Waals surface area contributed by atoms with Crippen LogP contribution in [0.3, 0.4) is 0 Å². The highest BCUT2D eigenvalue weighted by Crippen LogP contribution is 2.22. The summed E-state index contributed by atoms with van der Waals surface area (Å²) in [4.78, 5) is 22.9. The highest BCUT2D eigenvalue weighted by atomic mass is 16.3. The fraction of sp³-hybridized carbons (Fsp3) is 0.950. The summed E-state index contributed by atoms with van der Waals surface area (Å²) < 4.78 is 0. The maximum Gasteiger partial charge on any atom is 0.223 e. The van der Waals surface area contributed by atoms with Gasteiger partial charge in [-0.25, -0.2) is 0 Å². The minimum atomic E-state index is 0.193. The van der Waals surface area contributed by atoms with Crippen LogP contribution >= 0.6 is 0 Å². The van der Waals surface area contributed by atoms with Crippen LogP contribution in [0.25, 0.3) is 0 Å². The lowest BCUT2D eigenvalue weighted by atomic mass is 9.90. The molecule has 25 heavy (non-hydrogen) atoms. The Morgan fingerprint density at radius 3 is 2.12 bits per heavy atom. The molecule has 5 nitrogen and oxygen atoms in total. The Kier molecular flexibility index (Phi) is 12.3. The number of hydrogen-bond acceptors (Lipinski definition) is 3. The number of amides is 1. The van der Waals surface area contributed by atoms with E-state index in [1.807, 2.05) is 13.8 Å². The van der Waals surface area contributed by atoms with E-state index in [-0.39, 0.29) is 17.9 Å². The van der Waals surface area contributed by atoms with Crippen LogP contribution in [0.1, 0.15) is 97.3 Å². The number of unbranched alkanes of at least 4 members (excludes halogenated alkanes) is 5. The van der Waals surface area contributed by atoms with Gasteiger partial charge >= 0.3 is 0 Å². The van der Waals surface area contributed by atoms with Crippen LogP contribution in [0.2, 0.25) is 0 Å². The molecule has 146 valence electrons. The smallest absolute Gasteiger partial charge is 0.223 e. The highest BCUT2D eigenvalue weighted by Gasteiger charge is 2.18. The summed E-state index contributed by atoms with van der Waals surface area (Å²) >= 11 is 0. The Morgan fingerprint density at radius 1 is 0.960 bits per heavy atom. The van der Waals surface area contributed by atoms with Gasteiger partial charge in [-0.3, -0.25) is 9.80 Å². The molecule has 0 saturated heterocycles. The largest absolute Gasteiger partial charge is 0.356 e. The van der Waals surface area contributed by atoms with Gasteiger partial charge in [0.2, 0.25) is 5.91 Å². The molecule has 0 bridgehead atoms. The summed E-state index contributed by atoms with van der Waals surface area (Å²) in [5.41, 5.74) is 0. The summed E-state index contributed by atoms with van der Waals surface area (Å²) in [7, 11) is 0. The lowest BCUT2D eigenvalue weighted by Crippen LogP contribution is -2.31. The maximum atomic E-state index is 12.2. The molecular weight excluding hydrogens is 314 g/mol. The van der Waals surface area contributed by atoms with Crippen LogP contribution in [0.15, 0.2) is 5.29 Å². The molecule has 1 fully saturated rings. The number of nitrogens with zero attached hydrogens (tertiary/aromatic N) is 2. The zero-order valence-corrected chi connectivity index (χ0v) is 16.5. The van der Waals surface area contributed by atoms with Crippen LogP contribution in [0.4, 0.5) is 0 Å². The Bertz CT molecular complexity index is 353. The average Bonchev–Trinajstić information content (AvgIpc) is 2.55. The van der Waals surface area contributed by atoms with E-state index < -0.39 is 0 Å². The number of nitroso groups, excluding NO2 is 1. The molecular formula is C20H39N3O2. The number of carbonyl (C=O) groups excluding carboxylic acids is 1. The zero-order chi connectivity index (χ0) is 18.3. The van der Waals surface area contributed by atoms with Crippen molar-refractivity contribution in [3.8, 4) is 0 Å². The Balaban J connectivity index is 1.95. The van der Waals surface area contributed by atoms with Crippen LogP contribution in [0, 0.1) is 10.8 Å². The molecule has 0 spiro atoms. The van der Waals surface area contributed by atoms with Gasteiger partial charge in [0, 0.05) is 25.0 Å². The van der Waals surface area contributed by atoms with E-state index >= 15 is 0 Å². The van der Waals surface area contributed by atoms with Gasteiger partial charge in [0.25, 0.3) is 0 Å². The van der Waals surface area contributed by atoms with Crippen molar-refractivity contribution >= 4 is 5.91 Å². The molecule has 0 aromatic rings.